The molecule has 1 aromatic rings. The lowest BCUT2D eigenvalue weighted by Gasteiger charge is -2.20. The Balaban J connectivity index is 1.83. The second-order valence-electron chi connectivity index (χ2n) is 9.84. The van der Waals surface area contributed by atoms with Crippen LogP contribution in [-0.4, -0.2) is 109 Å². The van der Waals surface area contributed by atoms with Crippen molar-refractivity contribution < 1.29 is 46.6 Å². The molecule has 0 saturated carbocycles. The molecule has 1 unspecified atom stereocenters. The van der Waals surface area contributed by atoms with Crippen molar-refractivity contribution in [2.45, 2.75) is 49.5 Å². The maximum Gasteiger partial charge on any atom is 0.533 e. The average Bonchev–Trinajstić information content (AvgIpc) is 3.44. The van der Waals surface area contributed by atoms with Crippen molar-refractivity contribution in [3.8, 4) is 0 Å². The number of carbonyl (C=O) groups excluding carboxylic acids is 3. The Morgan fingerprint density at radius 2 is 1.65 bits per heavy atom. The molecule has 1 aromatic carbocycles. The zero-order chi connectivity index (χ0) is 33.5. The van der Waals surface area contributed by atoms with E-state index in [0.29, 0.717) is 58.7 Å². The highest BCUT2D eigenvalue weighted by atomic mass is 32.2. The number of ether oxygens (including phenoxy) is 4. The lowest BCUT2D eigenvalue weighted by atomic mass is 10.1. The third-order valence-electron chi connectivity index (χ3n) is 6.36. The maximum atomic E-state index is 13.3. The van der Waals surface area contributed by atoms with Gasteiger partial charge >= 0.3 is 6.16 Å². The number of benzene rings is 1. The Kier molecular flexibility index (Phi) is 18.5. The third-order valence-corrected chi connectivity index (χ3v) is 8.14. The summed E-state index contributed by atoms with van der Waals surface area (Å²) in [5.41, 5.74) is 16.7. The van der Waals surface area contributed by atoms with Gasteiger partial charge in [0.2, 0.25) is 0 Å². The summed E-state index contributed by atoms with van der Waals surface area (Å²) in [6.45, 7) is 2.78. The quantitative estimate of drug-likeness (QED) is 0.0552. The molecule has 1 N–H and O–H groups in total. The first-order valence-corrected chi connectivity index (χ1v) is 16.5. The normalized spacial score (nSPS) is 13.4. The summed E-state index contributed by atoms with van der Waals surface area (Å²) in [5.74, 6) is -1.44. The number of azide groups is 2. The van der Waals surface area contributed by atoms with Gasteiger partial charge in [0, 0.05) is 41.4 Å². The van der Waals surface area contributed by atoms with E-state index in [9.17, 15) is 22.8 Å². The highest BCUT2D eigenvalue weighted by Crippen LogP contribution is 2.19. The minimum Gasteiger partial charge on any atom is -0.428 e. The van der Waals surface area contributed by atoms with Gasteiger partial charge < -0.3 is 29.1 Å². The lowest BCUT2D eigenvalue weighted by molar-refractivity contribution is -0.166. The smallest absolute Gasteiger partial charge is 0.428 e. The van der Waals surface area contributed by atoms with Crippen LogP contribution >= 0.6 is 0 Å². The van der Waals surface area contributed by atoms with Gasteiger partial charge in [0.15, 0.2) is 9.84 Å². The predicted molar refractivity (Wildman–Crippen MR) is 162 cm³/mol. The summed E-state index contributed by atoms with van der Waals surface area (Å²) in [6.07, 6.45) is 0.317. The molecule has 0 bridgehead atoms. The van der Waals surface area contributed by atoms with Crippen LogP contribution in [0.1, 0.15) is 48.9 Å². The molecule has 0 radical (unpaired) electrons. The summed E-state index contributed by atoms with van der Waals surface area (Å²) in [4.78, 5) is 47.0. The summed E-state index contributed by atoms with van der Waals surface area (Å²) in [7, 11) is -4.03. The minimum atomic E-state index is -4.03. The molecule has 1 atom stereocenters. The fourth-order valence-corrected chi connectivity index (χ4v) is 5.63. The minimum absolute atomic E-state index is 0.118. The molecule has 19 heteroatoms. The van der Waals surface area contributed by atoms with E-state index in [1.54, 1.807) is 0 Å². The molecular weight excluding hydrogens is 628 g/mol. The summed E-state index contributed by atoms with van der Waals surface area (Å²) in [6, 6.07) is 5.50. The molecular formula is C27H40N8O10S. The molecule has 0 aromatic heterocycles. The molecule has 254 valence electrons. The van der Waals surface area contributed by atoms with Crippen molar-refractivity contribution >= 4 is 27.8 Å². The Labute approximate surface area is 266 Å². The number of nitrogens with zero attached hydrogens (tertiary/aromatic N) is 7. The lowest BCUT2D eigenvalue weighted by Crippen LogP contribution is -2.33. The van der Waals surface area contributed by atoms with Crippen LogP contribution in [0.4, 0.5) is 4.79 Å². The van der Waals surface area contributed by atoms with Gasteiger partial charge in [0.1, 0.15) is 6.10 Å². The van der Waals surface area contributed by atoms with E-state index in [-0.39, 0.29) is 62.0 Å². The Hall–Kier alpha value is -4.12. The van der Waals surface area contributed by atoms with Crippen LogP contribution in [0.2, 0.25) is 0 Å². The molecule has 2 amide bonds. The summed E-state index contributed by atoms with van der Waals surface area (Å²) >= 11 is 0. The van der Waals surface area contributed by atoms with Gasteiger partial charge in [-0.05, 0) is 54.9 Å². The molecule has 18 nitrogen and oxygen atoms in total. The van der Waals surface area contributed by atoms with E-state index in [1.165, 1.54) is 24.3 Å². The zero-order valence-electron chi connectivity index (χ0n) is 25.5. The van der Waals surface area contributed by atoms with Crippen LogP contribution in [0.3, 0.4) is 0 Å². The van der Waals surface area contributed by atoms with Crippen molar-refractivity contribution in [2.24, 2.45) is 10.2 Å². The van der Waals surface area contributed by atoms with Gasteiger partial charge in [-0.1, -0.05) is 22.7 Å². The molecule has 0 spiro atoms. The van der Waals surface area contributed by atoms with Gasteiger partial charge in [0.25, 0.3) is 11.8 Å². The van der Waals surface area contributed by atoms with E-state index in [0.717, 1.165) is 5.06 Å². The Bertz CT molecular complexity index is 1320. The van der Waals surface area contributed by atoms with Crippen LogP contribution < -0.4 is 5.32 Å². The first kappa shape index (κ1) is 38.1. The number of rotatable bonds is 24. The van der Waals surface area contributed by atoms with Crippen LogP contribution in [0.15, 0.2) is 39.4 Å². The molecule has 2 rings (SSSR count). The van der Waals surface area contributed by atoms with Gasteiger partial charge in [-0.2, -0.15) is 5.06 Å². The van der Waals surface area contributed by atoms with Crippen LogP contribution in [-0.2, 0) is 38.4 Å². The highest BCUT2D eigenvalue weighted by Gasteiger charge is 2.29. The maximum absolute atomic E-state index is 13.3. The van der Waals surface area contributed by atoms with E-state index in [1.807, 2.05) is 0 Å². The predicted octanol–water partition coefficient (Wildman–Crippen LogP) is 3.48. The Morgan fingerprint density at radius 3 is 2.35 bits per heavy atom. The molecule has 1 saturated heterocycles. The number of hydroxylamine groups is 2. The number of unbranched alkanes of at least 4 members (excludes halogenated alkanes) is 2. The number of amides is 2. The SMILES string of the molecule is [N-]=[N+]=NCCCCCC(CS(=O)(=O)c1cccc(C(=O)NCCOCCOCCOCCN=[N+]=[N-])c1)OC(=O)ON1CCCC1=O. The standard InChI is InChI=1S/C27H40N8O10S/c28-33-31-10-3-1-2-7-23(44-27(38)45-35-13-5-9-25(35)36)21-46(39,40)24-8-4-6-22(20-24)26(37)30-11-14-41-16-18-43-19-17-42-15-12-32-34-29/h4,6,8,20,23H,1-3,5,7,9-19,21H2,(H,30,37). The number of hydrogen-bond donors (Lipinski definition) is 1. The number of carbonyl (C=O) groups is 3. The van der Waals surface area contributed by atoms with E-state index < -0.39 is 33.8 Å². The topological polar surface area (TPSA) is 244 Å². The molecule has 1 aliphatic rings. The van der Waals surface area contributed by atoms with Gasteiger partial charge in [-0.25, -0.2) is 13.2 Å². The molecule has 46 heavy (non-hydrogen) atoms. The first-order chi connectivity index (χ1) is 22.3. The molecule has 1 heterocycles. The fourth-order valence-electron chi connectivity index (χ4n) is 4.12. The second-order valence-corrected chi connectivity index (χ2v) is 11.9. The molecule has 1 fully saturated rings. The van der Waals surface area contributed by atoms with E-state index in [2.05, 4.69) is 25.4 Å². The average molecular weight is 669 g/mol. The van der Waals surface area contributed by atoms with Gasteiger partial charge in [0.05, 0.1) is 56.8 Å². The monoisotopic (exact) mass is 668 g/mol. The summed E-state index contributed by atoms with van der Waals surface area (Å²) in [5, 5.41) is 10.4. The van der Waals surface area contributed by atoms with Crippen LogP contribution in [0.5, 0.6) is 0 Å². The van der Waals surface area contributed by atoms with Crippen molar-refractivity contribution in [3.63, 3.8) is 0 Å². The number of hydrogen-bond acceptors (Lipinski definition) is 12. The second kappa shape index (κ2) is 22.4. The zero-order valence-corrected chi connectivity index (χ0v) is 26.3. The van der Waals surface area contributed by atoms with Crippen molar-refractivity contribution in [1.29, 1.82) is 0 Å². The largest absolute Gasteiger partial charge is 0.533 e. The van der Waals surface area contributed by atoms with Crippen molar-refractivity contribution in [1.82, 2.24) is 10.4 Å². The van der Waals surface area contributed by atoms with Crippen molar-refractivity contribution in [3.05, 3.63) is 50.7 Å². The van der Waals surface area contributed by atoms with Crippen molar-refractivity contribution in [2.75, 3.05) is 71.6 Å². The van der Waals surface area contributed by atoms with Crippen LogP contribution in [0.25, 0.3) is 20.9 Å². The Morgan fingerprint density at radius 1 is 0.957 bits per heavy atom. The summed E-state index contributed by atoms with van der Waals surface area (Å²) < 4.78 is 47.9. The third kappa shape index (κ3) is 15.7. The van der Waals surface area contributed by atoms with E-state index in [4.69, 9.17) is 34.8 Å². The van der Waals surface area contributed by atoms with Crippen LogP contribution in [0, 0.1) is 0 Å². The number of sulfone groups is 1. The fraction of sp³-hybridized carbons (Fsp3) is 0.667. The first-order valence-electron chi connectivity index (χ1n) is 14.8. The number of nitrogens with one attached hydrogen (secondary N) is 1. The van der Waals surface area contributed by atoms with E-state index >= 15 is 0 Å². The molecule has 1 aliphatic heterocycles. The highest BCUT2D eigenvalue weighted by molar-refractivity contribution is 7.91. The van der Waals surface area contributed by atoms with Gasteiger partial charge in [-0.3, -0.25) is 9.59 Å². The molecule has 0 aliphatic carbocycles. The van der Waals surface area contributed by atoms with Gasteiger partial charge in [-0.15, -0.1) is 0 Å².